The Morgan fingerprint density at radius 2 is 2.04 bits per heavy atom. The molecular weight excluding hydrogens is 359 g/mol. The first kappa shape index (κ1) is 20.0. The van der Waals surface area contributed by atoms with Crippen molar-refractivity contribution in [1.29, 1.82) is 0 Å². The van der Waals surface area contributed by atoms with Crippen molar-refractivity contribution in [2.24, 2.45) is 0 Å². The quantitative estimate of drug-likeness (QED) is 0.706. The van der Waals surface area contributed by atoms with Gasteiger partial charge in [-0.05, 0) is 31.5 Å². The molecule has 0 aliphatic rings. The lowest BCUT2D eigenvalue weighted by Gasteiger charge is -2.21. The van der Waals surface area contributed by atoms with E-state index in [1.54, 1.807) is 0 Å². The van der Waals surface area contributed by atoms with Gasteiger partial charge in [0.1, 0.15) is 0 Å². The van der Waals surface area contributed by atoms with Crippen molar-refractivity contribution in [3.8, 4) is 0 Å². The molecule has 1 rings (SSSR count). The van der Waals surface area contributed by atoms with Crippen molar-refractivity contribution in [2.75, 3.05) is 13.1 Å². The van der Waals surface area contributed by atoms with Crippen LogP contribution in [0.25, 0.3) is 0 Å². The second kappa shape index (κ2) is 8.68. The summed E-state index contributed by atoms with van der Waals surface area (Å²) in [5, 5.41) is 3.13. The molecule has 0 fully saturated rings. The molecule has 128 valence electrons. The van der Waals surface area contributed by atoms with Gasteiger partial charge < -0.3 is 5.32 Å². The van der Waals surface area contributed by atoms with Gasteiger partial charge in [-0.25, -0.2) is 8.42 Å². The lowest BCUT2D eigenvalue weighted by atomic mass is 10.2. The Morgan fingerprint density at radius 1 is 1.39 bits per heavy atom. The maximum atomic E-state index is 12.7. The molecule has 1 atom stereocenters. The van der Waals surface area contributed by atoms with Crippen LogP contribution >= 0.6 is 23.2 Å². The minimum absolute atomic E-state index is 0.0104. The summed E-state index contributed by atoms with van der Waals surface area (Å²) >= 11 is 11.7. The molecule has 0 saturated heterocycles. The van der Waals surface area contributed by atoms with Crippen molar-refractivity contribution in [1.82, 2.24) is 9.62 Å². The van der Waals surface area contributed by atoms with Crippen LogP contribution in [0.15, 0.2) is 35.7 Å². The molecule has 0 bridgehead atoms. The lowest BCUT2D eigenvalue weighted by molar-refractivity contribution is -0.121. The summed E-state index contributed by atoms with van der Waals surface area (Å²) in [5.41, 5.74) is 0. The number of halogens is 2. The standard InChI is InChI=1S/C15H20Cl2N2O3S/c1-4-8-19(10-15(20)18-11(3)5-2)23(21,22)12-6-7-13(16)14(17)9-12/h4,6-7,9,11H,1,5,8,10H2,2-3H3,(H,18,20)/t11-/m1/s1. The first-order valence-corrected chi connectivity index (χ1v) is 9.27. The Hall–Kier alpha value is -1.08. The van der Waals surface area contributed by atoms with Gasteiger partial charge in [-0.2, -0.15) is 4.31 Å². The van der Waals surface area contributed by atoms with E-state index < -0.39 is 10.0 Å². The van der Waals surface area contributed by atoms with Gasteiger partial charge in [-0.3, -0.25) is 4.79 Å². The maximum absolute atomic E-state index is 12.7. The van der Waals surface area contributed by atoms with Crippen LogP contribution in [-0.4, -0.2) is 37.8 Å². The predicted octanol–water partition coefficient (Wildman–Crippen LogP) is 3.08. The van der Waals surface area contributed by atoms with Gasteiger partial charge in [-0.15, -0.1) is 6.58 Å². The summed E-state index contributed by atoms with van der Waals surface area (Å²) in [6.45, 7) is 7.04. The molecule has 1 N–H and O–H groups in total. The molecule has 1 amide bonds. The number of amides is 1. The Morgan fingerprint density at radius 3 is 2.57 bits per heavy atom. The van der Waals surface area contributed by atoms with Crippen molar-refractivity contribution in [3.05, 3.63) is 40.9 Å². The number of carbonyl (C=O) groups excluding carboxylic acids is 1. The van der Waals surface area contributed by atoms with Crippen LogP contribution < -0.4 is 5.32 Å². The van der Waals surface area contributed by atoms with Gasteiger partial charge in [0.05, 0.1) is 21.5 Å². The zero-order chi connectivity index (χ0) is 17.6. The van der Waals surface area contributed by atoms with Crippen LogP contribution in [-0.2, 0) is 14.8 Å². The average Bonchev–Trinajstić information content (AvgIpc) is 2.49. The Kier molecular flexibility index (Phi) is 7.54. The molecule has 1 aromatic rings. The zero-order valence-electron chi connectivity index (χ0n) is 13.1. The SMILES string of the molecule is C=CCN(CC(=O)N[C@H](C)CC)S(=O)(=O)c1ccc(Cl)c(Cl)c1. The highest BCUT2D eigenvalue weighted by Crippen LogP contribution is 2.26. The zero-order valence-corrected chi connectivity index (χ0v) is 15.4. The number of rotatable bonds is 8. The van der Waals surface area contributed by atoms with Crippen LogP contribution in [0, 0.1) is 0 Å². The number of hydrogen-bond acceptors (Lipinski definition) is 3. The Bertz CT molecular complexity index is 677. The fraction of sp³-hybridized carbons (Fsp3) is 0.400. The van der Waals surface area contributed by atoms with E-state index in [1.807, 2.05) is 13.8 Å². The lowest BCUT2D eigenvalue weighted by Crippen LogP contribution is -2.43. The first-order valence-electron chi connectivity index (χ1n) is 7.07. The van der Waals surface area contributed by atoms with E-state index in [0.717, 1.165) is 10.7 Å². The van der Waals surface area contributed by atoms with Gasteiger partial charge in [0.15, 0.2) is 0 Å². The maximum Gasteiger partial charge on any atom is 0.243 e. The van der Waals surface area contributed by atoms with Crippen LogP contribution in [0.1, 0.15) is 20.3 Å². The van der Waals surface area contributed by atoms with E-state index in [9.17, 15) is 13.2 Å². The smallest absolute Gasteiger partial charge is 0.243 e. The monoisotopic (exact) mass is 378 g/mol. The van der Waals surface area contributed by atoms with Crippen LogP contribution in [0.2, 0.25) is 10.0 Å². The second-order valence-corrected chi connectivity index (χ2v) is 7.79. The molecule has 0 radical (unpaired) electrons. The van der Waals surface area contributed by atoms with E-state index in [-0.39, 0.29) is 40.0 Å². The van der Waals surface area contributed by atoms with E-state index in [4.69, 9.17) is 23.2 Å². The molecule has 0 aromatic heterocycles. The Labute approximate surface area is 147 Å². The highest BCUT2D eigenvalue weighted by atomic mass is 35.5. The van der Waals surface area contributed by atoms with Gasteiger partial charge >= 0.3 is 0 Å². The van der Waals surface area contributed by atoms with E-state index in [2.05, 4.69) is 11.9 Å². The first-order chi connectivity index (χ1) is 10.7. The highest BCUT2D eigenvalue weighted by molar-refractivity contribution is 7.89. The second-order valence-electron chi connectivity index (χ2n) is 5.04. The van der Waals surface area contributed by atoms with Gasteiger partial charge in [0.2, 0.25) is 15.9 Å². The van der Waals surface area contributed by atoms with Crippen molar-refractivity contribution < 1.29 is 13.2 Å². The molecule has 0 unspecified atom stereocenters. The van der Waals surface area contributed by atoms with Gasteiger partial charge in [0, 0.05) is 12.6 Å². The summed E-state index contributed by atoms with van der Waals surface area (Å²) in [7, 11) is -3.88. The molecule has 0 aliphatic carbocycles. The molecule has 5 nitrogen and oxygen atoms in total. The van der Waals surface area contributed by atoms with Crippen LogP contribution in [0.4, 0.5) is 0 Å². The molecule has 0 aliphatic heterocycles. The summed E-state index contributed by atoms with van der Waals surface area (Å²) in [4.78, 5) is 12.0. The summed E-state index contributed by atoms with van der Waals surface area (Å²) in [6.07, 6.45) is 2.18. The number of nitrogens with zero attached hydrogens (tertiary/aromatic N) is 1. The van der Waals surface area contributed by atoms with Crippen molar-refractivity contribution in [3.63, 3.8) is 0 Å². The predicted molar refractivity (Wildman–Crippen MR) is 93.3 cm³/mol. The van der Waals surface area contributed by atoms with E-state index in [0.29, 0.717) is 0 Å². The van der Waals surface area contributed by atoms with E-state index >= 15 is 0 Å². The number of benzene rings is 1. The number of carbonyl (C=O) groups is 1. The number of sulfonamides is 1. The molecule has 0 saturated carbocycles. The molecule has 23 heavy (non-hydrogen) atoms. The number of hydrogen-bond donors (Lipinski definition) is 1. The van der Waals surface area contributed by atoms with Crippen LogP contribution in [0.5, 0.6) is 0 Å². The van der Waals surface area contributed by atoms with Crippen molar-refractivity contribution in [2.45, 2.75) is 31.2 Å². The third-order valence-corrected chi connectivity index (χ3v) is 5.75. The van der Waals surface area contributed by atoms with Crippen LogP contribution in [0.3, 0.4) is 0 Å². The topological polar surface area (TPSA) is 66.5 Å². The Balaban J connectivity index is 3.04. The minimum Gasteiger partial charge on any atom is -0.353 e. The van der Waals surface area contributed by atoms with E-state index in [1.165, 1.54) is 24.3 Å². The van der Waals surface area contributed by atoms with Gasteiger partial charge in [0.25, 0.3) is 0 Å². The third kappa shape index (κ3) is 5.49. The van der Waals surface area contributed by atoms with Gasteiger partial charge in [-0.1, -0.05) is 36.2 Å². The fourth-order valence-electron chi connectivity index (χ4n) is 1.76. The third-order valence-electron chi connectivity index (χ3n) is 3.20. The minimum atomic E-state index is -3.88. The number of nitrogens with one attached hydrogen (secondary N) is 1. The summed E-state index contributed by atoms with van der Waals surface area (Å²) in [6, 6.07) is 4.00. The molecular formula is C15H20Cl2N2O3S. The van der Waals surface area contributed by atoms with Crippen molar-refractivity contribution >= 4 is 39.1 Å². The molecule has 1 aromatic carbocycles. The largest absolute Gasteiger partial charge is 0.353 e. The average molecular weight is 379 g/mol. The molecule has 0 heterocycles. The molecule has 8 heteroatoms. The summed E-state index contributed by atoms with van der Waals surface area (Å²) < 4.78 is 26.4. The normalized spacial score (nSPS) is 12.9. The fourth-order valence-corrected chi connectivity index (χ4v) is 3.52. The molecule has 0 spiro atoms. The highest BCUT2D eigenvalue weighted by Gasteiger charge is 2.26. The summed E-state index contributed by atoms with van der Waals surface area (Å²) in [5.74, 6) is -0.371.